The summed E-state index contributed by atoms with van der Waals surface area (Å²) in [6.45, 7) is 1.79. The van der Waals surface area contributed by atoms with Crippen molar-refractivity contribution in [3.63, 3.8) is 0 Å². The van der Waals surface area contributed by atoms with Crippen LogP contribution in [0.25, 0.3) is 0 Å². The van der Waals surface area contributed by atoms with E-state index in [0.29, 0.717) is 5.82 Å². The molecule has 0 amide bonds. The lowest BCUT2D eigenvalue weighted by molar-refractivity contribution is 0.596. The molecule has 1 aromatic heterocycles. The average molecular weight is 281 g/mol. The van der Waals surface area contributed by atoms with E-state index < -0.39 is 15.7 Å². The van der Waals surface area contributed by atoms with Gasteiger partial charge in [-0.1, -0.05) is 0 Å². The highest BCUT2D eigenvalue weighted by Crippen LogP contribution is 2.21. The lowest BCUT2D eigenvalue weighted by atomic mass is 10.3. The molecule has 0 unspecified atom stereocenters. The van der Waals surface area contributed by atoms with Gasteiger partial charge in [0.1, 0.15) is 18.0 Å². The molecule has 5 nitrogen and oxygen atoms in total. The second-order valence-corrected chi connectivity index (χ2v) is 6.10. The maximum absolute atomic E-state index is 13.8. The monoisotopic (exact) mass is 281 g/mol. The zero-order valence-corrected chi connectivity index (χ0v) is 11.2. The first-order chi connectivity index (χ1) is 8.86. The lowest BCUT2D eigenvalue weighted by Gasteiger charge is -2.08. The van der Waals surface area contributed by atoms with E-state index in [1.807, 2.05) is 0 Å². The Kier molecular flexibility index (Phi) is 3.48. The molecule has 7 heteroatoms. The van der Waals surface area contributed by atoms with E-state index in [2.05, 4.69) is 15.3 Å². The van der Waals surface area contributed by atoms with Crippen LogP contribution in [0.5, 0.6) is 0 Å². The van der Waals surface area contributed by atoms with Gasteiger partial charge >= 0.3 is 0 Å². The zero-order chi connectivity index (χ0) is 14.0. The van der Waals surface area contributed by atoms with E-state index in [-0.39, 0.29) is 10.6 Å². The van der Waals surface area contributed by atoms with Crippen LogP contribution in [-0.2, 0) is 9.84 Å². The van der Waals surface area contributed by atoms with Crippen LogP contribution in [0, 0.1) is 12.7 Å². The van der Waals surface area contributed by atoms with Gasteiger partial charge in [0.25, 0.3) is 0 Å². The molecule has 2 aromatic rings. The van der Waals surface area contributed by atoms with Crippen molar-refractivity contribution in [3.8, 4) is 0 Å². The van der Waals surface area contributed by atoms with Crippen LogP contribution in [0.3, 0.4) is 0 Å². The predicted molar refractivity (Wildman–Crippen MR) is 69.6 cm³/mol. The molecular weight excluding hydrogens is 269 g/mol. The van der Waals surface area contributed by atoms with Gasteiger partial charge in [-0.3, -0.25) is 0 Å². The van der Waals surface area contributed by atoms with Crippen LogP contribution in [0.1, 0.15) is 5.69 Å². The highest BCUT2D eigenvalue weighted by molar-refractivity contribution is 7.90. The summed E-state index contributed by atoms with van der Waals surface area (Å²) in [5.74, 6) is -0.210. The largest absolute Gasteiger partial charge is 0.338 e. The third-order valence-electron chi connectivity index (χ3n) is 2.44. The fourth-order valence-electron chi connectivity index (χ4n) is 1.49. The van der Waals surface area contributed by atoms with Gasteiger partial charge in [-0.05, 0) is 25.1 Å². The number of nitrogens with one attached hydrogen (secondary N) is 1. The molecule has 19 heavy (non-hydrogen) atoms. The standard InChI is InChI=1S/C12H12FN3O2S/c1-8-5-12(15-7-14-8)16-11-4-3-9(6-10(11)13)19(2,17)18/h3-7H,1-2H3,(H,14,15,16). The molecule has 0 bridgehead atoms. The minimum Gasteiger partial charge on any atom is -0.338 e. The van der Waals surface area contributed by atoms with E-state index in [4.69, 9.17) is 0 Å². The van der Waals surface area contributed by atoms with Crippen molar-refractivity contribution < 1.29 is 12.8 Å². The number of hydrogen-bond acceptors (Lipinski definition) is 5. The van der Waals surface area contributed by atoms with Gasteiger partial charge < -0.3 is 5.32 Å². The summed E-state index contributed by atoms with van der Waals surface area (Å²) in [7, 11) is -3.42. The molecule has 1 heterocycles. The van der Waals surface area contributed by atoms with Crippen LogP contribution < -0.4 is 5.32 Å². The third-order valence-corrected chi connectivity index (χ3v) is 3.55. The van der Waals surface area contributed by atoms with Crippen molar-refractivity contribution in [3.05, 3.63) is 42.1 Å². The number of benzene rings is 1. The molecule has 0 fully saturated rings. The Labute approximate surface area is 110 Å². The number of rotatable bonds is 3. The van der Waals surface area contributed by atoms with Crippen LogP contribution in [0.15, 0.2) is 35.5 Å². The maximum atomic E-state index is 13.8. The summed E-state index contributed by atoms with van der Waals surface area (Å²) < 4.78 is 36.4. The smallest absolute Gasteiger partial charge is 0.175 e. The molecule has 0 atom stereocenters. The van der Waals surface area contributed by atoms with Gasteiger partial charge in [0.15, 0.2) is 9.84 Å². The molecular formula is C12H12FN3O2S. The van der Waals surface area contributed by atoms with Gasteiger partial charge in [-0.25, -0.2) is 22.8 Å². The summed E-state index contributed by atoms with van der Waals surface area (Å²) in [5, 5.41) is 2.77. The summed E-state index contributed by atoms with van der Waals surface area (Å²) in [4.78, 5) is 7.81. The van der Waals surface area contributed by atoms with Gasteiger partial charge in [0.2, 0.25) is 0 Å². The van der Waals surface area contributed by atoms with Crippen molar-refractivity contribution in [1.82, 2.24) is 9.97 Å². The van der Waals surface area contributed by atoms with Crippen molar-refractivity contribution >= 4 is 21.3 Å². The highest BCUT2D eigenvalue weighted by atomic mass is 32.2. The number of nitrogens with zero attached hydrogens (tertiary/aromatic N) is 2. The van der Waals surface area contributed by atoms with Gasteiger partial charge in [-0.15, -0.1) is 0 Å². The average Bonchev–Trinajstić information content (AvgIpc) is 2.30. The summed E-state index contributed by atoms with van der Waals surface area (Å²) in [6, 6.07) is 5.34. The summed E-state index contributed by atoms with van der Waals surface area (Å²) >= 11 is 0. The number of anilines is 2. The van der Waals surface area contributed by atoms with Crippen molar-refractivity contribution in [2.24, 2.45) is 0 Å². The number of aromatic nitrogens is 2. The number of halogens is 1. The van der Waals surface area contributed by atoms with E-state index in [1.54, 1.807) is 13.0 Å². The third kappa shape index (κ3) is 3.25. The molecule has 2 rings (SSSR count). The van der Waals surface area contributed by atoms with Crippen LogP contribution >= 0.6 is 0 Å². The number of aryl methyl sites for hydroxylation is 1. The SMILES string of the molecule is Cc1cc(Nc2ccc(S(C)(=O)=O)cc2F)ncn1. The molecule has 100 valence electrons. The van der Waals surface area contributed by atoms with E-state index >= 15 is 0 Å². The Hall–Kier alpha value is -2.02. The second kappa shape index (κ2) is 4.93. The molecule has 0 spiro atoms. The molecule has 0 saturated heterocycles. The second-order valence-electron chi connectivity index (χ2n) is 4.08. The maximum Gasteiger partial charge on any atom is 0.175 e. The lowest BCUT2D eigenvalue weighted by Crippen LogP contribution is -2.01. The minimum atomic E-state index is -3.42. The molecule has 0 radical (unpaired) electrons. The van der Waals surface area contributed by atoms with Gasteiger partial charge in [0, 0.05) is 18.0 Å². The summed E-state index contributed by atoms with van der Waals surface area (Å²) in [5.41, 5.74) is 0.899. The molecule has 0 aliphatic carbocycles. The fourth-order valence-corrected chi connectivity index (χ4v) is 2.12. The van der Waals surface area contributed by atoms with Crippen molar-refractivity contribution in [2.45, 2.75) is 11.8 Å². The Morgan fingerprint density at radius 3 is 2.53 bits per heavy atom. The fraction of sp³-hybridized carbons (Fsp3) is 0.167. The van der Waals surface area contributed by atoms with E-state index in [1.165, 1.54) is 18.5 Å². The Morgan fingerprint density at radius 1 is 1.21 bits per heavy atom. The van der Waals surface area contributed by atoms with Crippen LogP contribution in [0.2, 0.25) is 0 Å². The first kappa shape index (κ1) is 13.4. The topological polar surface area (TPSA) is 72.0 Å². The minimum absolute atomic E-state index is 0.0607. The van der Waals surface area contributed by atoms with Crippen molar-refractivity contribution in [1.29, 1.82) is 0 Å². The normalized spacial score (nSPS) is 11.3. The molecule has 1 aromatic carbocycles. The molecule has 0 aliphatic rings. The molecule has 0 saturated carbocycles. The van der Waals surface area contributed by atoms with Gasteiger partial charge in [0.05, 0.1) is 10.6 Å². The number of hydrogen-bond donors (Lipinski definition) is 1. The number of sulfone groups is 1. The van der Waals surface area contributed by atoms with Gasteiger partial charge in [-0.2, -0.15) is 0 Å². The Bertz CT molecular complexity index is 717. The first-order valence-electron chi connectivity index (χ1n) is 5.41. The van der Waals surface area contributed by atoms with E-state index in [0.717, 1.165) is 18.0 Å². The van der Waals surface area contributed by atoms with Crippen molar-refractivity contribution in [2.75, 3.05) is 11.6 Å². The quantitative estimate of drug-likeness (QED) is 0.932. The Balaban J connectivity index is 2.32. The van der Waals surface area contributed by atoms with Crippen LogP contribution in [0.4, 0.5) is 15.9 Å². The van der Waals surface area contributed by atoms with Crippen LogP contribution in [-0.4, -0.2) is 24.6 Å². The Morgan fingerprint density at radius 2 is 1.95 bits per heavy atom. The highest BCUT2D eigenvalue weighted by Gasteiger charge is 2.11. The van der Waals surface area contributed by atoms with E-state index in [9.17, 15) is 12.8 Å². The predicted octanol–water partition coefficient (Wildman–Crippen LogP) is 2.07. The molecule has 1 N–H and O–H groups in total. The first-order valence-corrected chi connectivity index (χ1v) is 7.31. The zero-order valence-electron chi connectivity index (χ0n) is 10.4. The summed E-state index contributed by atoms with van der Waals surface area (Å²) in [6.07, 6.45) is 2.39. The molecule has 0 aliphatic heterocycles.